The Hall–Kier alpha value is -1.34. The number of aromatic hydroxyl groups is 1. The number of amides is 1. The molecule has 2 unspecified atom stereocenters. The van der Waals surface area contributed by atoms with Crippen molar-refractivity contribution in [1.29, 1.82) is 0 Å². The van der Waals surface area contributed by atoms with Gasteiger partial charge < -0.3 is 26.0 Å². The van der Waals surface area contributed by atoms with Gasteiger partial charge in [0, 0.05) is 29.7 Å². The highest BCUT2D eigenvalue weighted by molar-refractivity contribution is 6.30. The third kappa shape index (κ3) is 3.70. The molecule has 1 amide bonds. The van der Waals surface area contributed by atoms with Crippen LogP contribution in [0.4, 0.5) is 0 Å². The predicted octanol–water partition coefficient (Wildman–Crippen LogP) is 0.637. The zero-order chi connectivity index (χ0) is 16.3. The number of phenolic OH excluding ortho intramolecular Hbond substituents is 1. The standard InChI is InChI=1S/C15H21ClN2O4/c16-10-1-2-12(20)11(7-10)14(17)9-3-5-18(6-4-9)15(22)13(21)8-19/h1-2,7,9,13-14,19-21H,3-6,8,17H2. The molecule has 0 bridgehead atoms. The van der Waals surface area contributed by atoms with E-state index in [1.165, 1.54) is 11.0 Å². The van der Waals surface area contributed by atoms with Gasteiger partial charge in [-0.3, -0.25) is 4.79 Å². The molecule has 1 aliphatic heterocycles. The van der Waals surface area contributed by atoms with Gasteiger partial charge in [0.25, 0.3) is 5.91 Å². The van der Waals surface area contributed by atoms with Crippen molar-refractivity contribution in [3.63, 3.8) is 0 Å². The van der Waals surface area contributed by atoms with Crippen LogP contribution in [-0.4, -0.2) is 51.9 Å². The summed E-state index contributed by atoms with van der Waals surface area (Å²) < 4.78 is 0. The molecule has 0 saturated carbocycles. The summed E-state index contributed by atoms with van der Waals surface area (Å²) in [4.78, 5) is 13.3. The molecule has 0 aromatic heterocycles. The van der Waals surface area contributed by atoms with E-state index in [0.717, 1.165) is 0 Å². The highest BCUT2D eigenvalue weighted by Gasteiger charge is 2.30. The molecule has 1 fully saturated rings. The molecule has 0 radical (unpaired) electrons. The Morgan fingerprint density at radius 1 is 1.41 bits per heavy atom. The normalized spacial score (nSPS) is 19.0. The zero-order valence-corrected chi connectivity index (χ0v) is 12.9. The van der Waals surface area contributed by atoms with Crippen LogP contribution in [0, 0.1) is 5.92 Å². The first-order chi connectivity index (χ1) is 10.4. The lowest BCUT2D eigenvalue weighted by molar-refractivity contribution is -0.143. The molecule has 7 heteroatoms. The average Bonchev–Trinajstić information content (AvgIpc) is 2.55. The third-order valence-corrected chi connectivity index (χ3v) is 4.40. The van der Waals surface area contributed by atoms with Gasteiger partial charge in [0.2, 0.25) is 0 Å². The van der Waals surface area contributed by atoms with Crippen LogP contribution < -0.4 is 5.73 Å². The van der Waals surface area contributed by atoms with Crippen molar-refractivity contribution in [2.24, 2.45) is 11.7 Å². The first-order valence-electron chi connectivity index (χ1n) is 7.25. The van der Waals surface area contributed by atoms with Gasteiger partial charge in [-0.05, 0) is 37.0 Å². The number of nitrogens with zero attached hydrogens (tertiary/aromatic N) is 1. The van der Waals surface area contributed by atoms with Crippen LogP contribution >= 0.6 is 11.6 Å². The number of carbonyl (C=O) groups excluding carboxylic acids is 1. The van der Waals surface area contributed by atoms with E-state index in [1.54, 1.807) is 12.1 Å². The first-order valence-corrected chi connectivity index (χ1v) is 7.63. The molecule has 0 spiro atoms. The summed E-state index contributed by atoms with van der Waals surface area (Å²) in [5.41, 5.74) is 6.84. The Morgan fingerprint density at radius 3 is 2.64 bits per heavy atom. The second-order valence-corrected chi connectivity index (χ2v) is 6.03. The van der Waals surface area contributed by atoms with Crippen molar-refractivity contribution in [3.8, 4) is 5.75 Å². The fourth-order valence-corrected chi connectivity index (χ4v) is 2.99. The van der Waals surface area contributed by atoms with Gasteiger partial charge in [-0.15, -0.1) is 0 Å². The van der Waals surface area contributed by atoms with Gasteiger partial charge in [0.1, 0.15) is 5.75 Å². The lowest BCUT2D eigenvalue weighted by atomic mass is 9.85. The number of benzene rings is 1. The number of aliphatic hydroxyl groups excluding tert-OH is 2. The summed E-state index contributed by atoms with van der Waals surface area (Å²) in [7, 11) is 0. The minimum Gasteiger partial charge on any atom is -0.508 e. The number of phenols is 1. The number of hydrogen-bond acceptors (Lipinski definition) is 5. The largest absolute Gasteiger partial charge is 0.508 e. The first kappa shape index (κ1) is 17.0. The Labute approximate surface area is 134 Å². The van der Waals surface area contributed by atoms with Gasteiger partial charge >= 0.3 is 0 Å². The summed E-state index contributed by atoms with van der Waals surface area (Å²) in [6.45, 7) is 0.361. The Morgan fingerprint density at radius 2 is 2.05 bits per heavy atom. The number of carbonyl (C=O) groups is 1. The van der Waals surface area contributed by atoms with E-state index in [2.05, 4.69) is 0 Å². The minimum absolute atomic E-state index is 0.111. The second-order valence-electron chi connectivity index (χ2n) is 5.59. The van der Waals surface area contributed by atoms with Crippen molar-refractivity contribution in [2.75, 3.05) is 19.7 Å². The molecule has 5 N–H and O–H groups in total. The van der Waals surface area contributed by atoms with Crippen LogP contribution in [0.25, 0.3) is 0 Å². The number of rotatable bonds is 4. The van der Waals surface area contributed by atoms with Crippen LogP contribution in [-0.2, 0) is 4.79 Å². The van der Waals surface area contributed by atoms with E-state index >= 15 is 0 Å². The Bertz CT molecular complexity index is 532. The van der Waals surface area contributed by atoms with Crippen molar-refractivity contribution < 1.29 is 20.1 Å². The average molecular weight is 329 g/mol. The Kier molecular flexibility index (Phi) is 5.63. The maximum absolute atomic E-state index is 11.8. The van der Waals surface area contributed by atoms with Crippen molar-refractivity contribution >= 4 is 17.5 Å². The van der Waals surface area contributed by atoms with E-state index in [1.807, 2.05) is 0 Å². The van der Waals surface area contributed by atoms with Gasteiger partial charge in [-0.2, -0.15) is 0 Å². The molecule has 2 atom stereocenters. The van der Waals surface area contributed by atoms with Gasteiger partial charge in [-0.1, -0.05) is 11.6 Å². The number of hydrogen-bond donors (Lipinski definition) is 4. The molecule has 22 heavy (non-hydrogen) atoms. The molecule has 1 aliphatic rings. The molecule has 1 saturated heterocycles. The predicted molar refractivity (Wildman–Crippen MR) is 82.4 cm³/mol. The molecule has 0 aliphatic carbocycles. The van der Waals surface area contributed by atoms with Gasteiger partial charge in [0.15, 0.2) is 6.10 Å². The van der Waals surface area contributed by atoms with E-state index in [0.29, 0.717) is 36.5 Å². The number of aliphatic hydroxyl groups is 2. The lowest BCUT2D eigenvalue weighted by Crippen LogP contribution is -2.46. The quantitative estimate of drug-likeness (QED) is 0.649. The summed E-state index contributed by atoms with van der Waals surface area (Å²) in [6.07, 6.45) is -0.0317. The number of nitrogens with two attached hydrogens (primary N) is 1. The van der Waals surface area contributed by atoms with E-state index in [4.69, 9.17) is 22.4 Å². The van der Waals surface area contributed by atoms with Crippen molar-refractivity contribution in [1.82, 2.24) is 4.90 Å². The van der Waals surface area contributed by atoms with Crippen molar-refractivity contribution in [2.45, 2.75) is 25.0 Å². The van der Waals surface area contributed by atoms with E-state index in [9.17, 15) is 15.0 Å². The van der Waals surface area contributed by atoms with Crippen LogP contribution in [0.5, 0.6) is 5.75 Å². The highest BCUT2D eigenvalue weighted by Crippen LogP contribution is 2.34. The molecule has 1 aromatic carbocycles. The van der Waals surface area contributed by atoms with E-state index in [-0.39, 0.29) is 17.7 Å². The summed E-state index contributed by atoms with van der Waals surface area (Å²) in [5, 5.41) is 28.6. The maximum Gasteiger partial charge on any atom is 0.253 e. The van der Waals surface area contributed by atoms with Gasteiger partial charge in [0.05, 0.1) is 6.61 Å². The van der Waals surface area contributed by atoms with E-state index < -0.39 is 18.6 Å². The molecular formula is C15H21ClN2O4. The minimum atomic E-state index is -1.36. The molecular weight excluding hydrogens is 308 g/mol. The van der Waals surface area contributed by atoms with Crippen LogP contribution in [0.2, 0.25) is 5.02 Å². The maximum atomic E-state index is 11.8. The zero-order valence-electron chi connectivity index (χ0n) is 12.2. The molecule has 122 valence electrons. The monoisotopic (exact) mass is 328 g/mol. The summed E-state index contributed by atoms with van der Waals surface area (Å²) >= 11 is 5.94. The van der Waals surface area contributed by atoms with Gasteiger partial charge in [-0.25, -0.2) is 0 Å². The summed E-state index contributed by atoms with van der Waals surface area (Å²) in [5.74, 6) is -0.231. The smallest absolute Gasteiger partial charge is 0.253 e. The van der Waals surface area contributed by atoms with Crippen LogP contribution in [0.15, 0.2) is 18.2 Å². The fraction of sp³-hybridized carbons (Fsp3) is 0.533. The number of piperidine rings is 1. The van der Waals surface area contributed by atoms with Crippen LogP contribution in [0.1, 0.15) is 24.4 Å². The second kappa shape index (κ2) is 7.28. The fourth-order valence-electron chi connectivity index (χ4n) is 2.81. The lowest BCUT2D eigenvalue weighted by Gasteiger charge is -2.35. The Balaban J connectivity index is 1.99. The molecule has 6 nitrogen and oxygen atoms in total. The number of halogens is 1. The van der Waals surface area contributed by atoms with Crippen LogP contribution in [0.3, 0.4) is 0 Å². The van der Waals surface area contributed by atoms with Crippen molar-refractivity contribution in [3.05, 3.63) is 28.8 Å². The SMILES string of the molecule is NC(c1cc(Cl)ccc1O)C1CCN(C(=O)C(O)CO)CC1. The summed E-state index contributed by atoms with van der Waals surface area (Å²) in [6, 6.07) is 4.42. The molecule has 1 aromatic rings. The molecule has 2 rings (SSSR count). The number of likely N-dealkylation sites (tertiary alicyclic amines) is 1. The molecule has 1 heterocycles. The highest BCUT2D eigenvalue weighted by atomic mass is 35.5. The topological polar surface area (TPSA) is 107 Å². The third-order valence-electron chi connectivity index (χ3n) is 4.17.